The molecular weight excluding hydrogens is 262 g/mol. The molecule has 0 aromatic heterocycles. The van der Waals surface area contributed by atoms with Crippen LogP contribution in [-0.4, -0.2) is 19.6 Å². The first-order valence-corrected chi connectivity index (χ1v) is 7.09. The number of carbonyl (C=O) groups is 1. The summed E-state index contributed by atoms with van der Waals surface area (Å²) in [6, 6.07) is 13.7. The van der Waals surface area contributed by atoms with Gasteiger partial charge < -0.3 is 10.1 Å². The zero-order valence-electron chi connectivity index (χ0n) is 12.8. The third kappa shape index (κ3) is 3.85. The van der Waals surface area contributed by atoms with Gasteiger partial charge in [-0.3, -0.25) is 4.79 Å². The average molecular weight is 283 g/mol. The summed E-state index contributed by atoms with van der Waals surface area (Å²) in [6.07, 6.45) is 0.806. The van der Waals surface area contributed by atoms with E-state index in [0.717, 1.165) is 28.9 Å². The van der Waals surface area contributed by atoms with Crippen molar-refractivity contribution < 1.29 is 9.53 Å². The van der Waals surface area contributed by atoms with Crippen LogP contribution in [0.25, 0.3) is 0 Å². The highest BCUT2D eigenvalue weighted by Crippen LogP contribution is 2.13. The van der Waals surface area contributed by atoms with Crippen molar-refractivity contribution in [3.63, 3.8) is 0 Å². The maximum absolute atomic E-state index is 12.2. The number of hydrogen-bond donors (Lipinski definition) is 1. The molecule has 0 aliphatic carbocycles. The van der Waals surface area contributed by atoms with Crippen molar-refractivity contribution in [2.75, 3.05) is 13.7 Å². The predicted molar refractivity (Wildman–Crippen MR) is 84.9 cm³/mol. The normalized spacial score (nSPS) is 10.2. The second-order valence-electron chi connectivity index (χ2n) is 5.10. The second-order valence-corrected chi connectivity index (χ2v) is 5.10. The number of hydrogen-bond acceptors (Lipinski definition) is 2. The Morgan fingerprint density at radius 1 is 1.10 bits per heavy atom. The largest absolute Gasteiger partial charge is 0.497 e. The fourth-order valence-corrected chi connectivity index (χ4v) is 2.20. The molecule has 0 unspecified atom stereocenters. The van der Waals surface area contributed by atoms with Crippen LogP contribution in [0.15, 0.2) is 42.5 Å². The maximum atomic E-state index is 12.2. The Morgan fingerprint density at radius 3 is 2.48 bits per heavy atom. The van der Waals surface area contributed by atoms with Crippen LogP contribution < -0.4 is 10.1 Å². The minimum Gasteiger partial charge on any atom is -0.497 e. The first-order chi connectivity index (χ1) is 10.1. The zero-order chi connectivity index (χ0) is 15.2. The Labute approximate surface area is 126 Å². The zero-order valence-corrected chi connectivity index (χ0v) is 12.8. The summed E-state index contributed by atoms with van der Waals surface area (Å²) in [5, 5.41) is 2.97. The molecule has 0 atom stereocenters. The molecule has 1 N–H and O–H groups in total. The van der Waals surface area contributed by atoms with Crippen molar-refractivity contribution in [3.05, 3.63) is 64.7 Å². The standard InChI is InChI=1S/C18H21NO2/c1-13-5-4-6-17(14(13)2)18(20)19-12-11-15-7-9-16(21-3)10-8-15/h4-10H,11-12H2,1-3H3,(H,19,20). The van der Waals surface area contributed by atoms with Crippen molar-refractivity contribution in [2.24, 2.45) is 0 Å². The van der Waals surface area contributed by atoms with Gasteiger partial charge in [0.2, 0.25) is 0 Å². The minimum atomic E-state index is -0.00953. The highest BCUT2D eigenvalue weighted by molar-refractivity contribution is 5.95. The van der Waals surface area contributed by atoms with E-state index in [4.69, 9.17) is 4.74 Å². The van der Waals surface area contributed by atoms with E-state index in [1.807, 2.05) is 56.3 Å². The highest BCUT2D eigenvalue weighted by atomic mass is 16.5. The Hall–Kier alpha value is -2.29. The lowest BCUT2D eigenvalue weighted by atomic mass is 10.0. The van der Waals surface area contributed by atoms with Crippen LogP contribution in [-0.2, 0) is 6.42 Å². The number of amides is 1. The summed E-state index contributed by atoms with van der Waals surface area (Å²) in [4.78, 5) is 12.2. The number of aryl methyl sites for hydroxylation is 1. The van der Waals surface area contributed by atoms with E-state index in [9.17, 15) is 4.79 Å². The van der Waals surface area contributed by atoms with Crippen molar-refractivity contribution in [1.29, 1.82) is 0 Å². The van der Waals surface area contributed by atoms with Crippen LogP contribution in [0, 0.1) is 13.8 Å². The van der Waals surface area contributed by atoms with Crippen LogP contribution in [0.2, 0.25) is 0 Å². The second kappa shape index (κ2) is 6.93. The lowest BCUT2D eigenvalue weighted by Crippen LogP contribution is -2.26. The first kappa shape index (κ1) is 15.1. The van der Waals surface area contributed by atoms with Gasteiger partial charge in [0.15, 0.2) is 0 Å². The van der Waals surface area contributed by atoms with Gasteiger partial charge in [-0.05, 0) is 55.2 Å². The van der Waals surface area contributed by atoms with Gasteiger partial charge in [-0.25, -0.2) is 0 Å². The molecule has 0 aliphatic heterocycles. The van der Waals surface area contributed by atoms with Crippen LogP contribution in [0.5, 0.6) is 5.75 Å². The summed E-state index contributed by atoms with van der Waals surface area (Å²) in [5.74, 6) is 0.836. The molecule has 1 amide bonds. The van der Waals surface area contributed by atoms with E-state index in [1.165, 1.54) is 5.56 Å². The van der Waals surface area contributed by atoms with Crippen LogP contribution >= 0.6 is 0 Å². The Bertz CT molecular complexity index is 618. The number of benzene rings is 2. The average Bonchev–Trinajstić information content (AvgIpc) is 2.50. The minimum absolute atomic E-state index is 0.00953. The van der Waals surface area contributed by atoms with Gasteiger partial charge >= 0.3 is 0 Å². The van der Waals surface area contributed by atoms with E-state index in [-0.39, 0.29) is 5.91 Å². The van der Waals surface area contributed by atoms with Crippen molar-refractivity contribution in [2.45, 2.75) is 20.3 Å². The van der Waals surface area contributed by atoms with Crippen molar-refractivity contribution in [3.8, 4) is 5.75 Å². The SMILES string of the molecule is COc1ccc(CCNC(=O)c2cccc(C)c2C)cc1. The number of methoxy groups -OCH3 is 1. The fraction of sp³-hybridized carbons (Fsp3) is 0.278. The number of rotatable bonds is 5. The molecule has 0 aliphatic rings. The lowest BCUT2D eigenvalue weighted by Gasteiger charge is -2.09. The molecule has 0 fully saturated rings. The number of ether oxygens (including phenoxy) is 1. The predicted octanol–water partition coefficient (Wildman–Crippen LogP) is 3.28. The number of nitrogens with one attached hydrogen (secondary N) is 1. The van der Waals surface area contributed by atoms with E-state index >= 15 is 0 Å². The van der Waals surface area contributed by atoms with Gasteiger partial charge in [-0.1, -0.05) is 24.3 Å². The topological polar surface area (TPSA) is 38.3 Å². The van der Waals surface area contributed by atoms with Crippen molar-refractivity contribution >= 4 is 5.91 Å². The van der Waals surface area contributed by atoms with Crippen LogP contribution in [0.4, 0.5) is 0 Å². The molecule has 2 rings (SSSR count). The molecule has 0 saturated carbocycles. The van der Waals surface area contributed by atoms with E-state index in [1.54, 1.807) is 7.11 Å². The molecule has 2 aromatic rings. The van der Waals surface area contributed by atoms with E-state index in [0.29, 0.717) is 6.54 Å². The summed E-state index contributed by atoms with van der Waals surface area (Å²) < 4.78 is 5.12. The van der Waals surface area contributed by atoms with Gasteiger partial charge in [0, 0.05) is 12.1 Å². The van der Waals surface area contributed by atoms with Crippen LogP contribution in [0.3, 0.4) is 0 Å². The molecule has 0 radical (unpaired) electrons. The Balaban J connectivity index is 1.90. The van der Waals surface area contributed by atoms with E-state index in [2.05, 4.69) is 5.32 Å². The molecular formula is C18H21NO2. The monoisotopic (exact) mass is 283 g/mol. The van der Waals surface area contributed by atoms with E-state index < -0.39 is 0 Å². The van der Waals surface area contributed by atoms with Crippen LogP contribution in [0.1, 0.15) is 27.0 Å². The third-order valence-corrected chi connectivity index (χ3v) is 3.71. The summed E-state index contributed by atoms with van der Waals surface area (Å²) in [7, 11) is 1.65. The molecule has 0 spiro atoms. The first-order valence-electron chi connectivity index (χ1n) is 7.09. The molecule has 3 nitrogen and oxygen atoms in total. The summed E-state index contributed by atoms with van der Waals surface area (Å²) in [5.41, 5.74) is 4.11. The quantitative estimate of drug-likeness (QED) is 0.914. The number of carbonyl (C=O) groups excluding carboxylic acids is 1. The lowest BCUT2D eigenvalue weighted by molar-refractivity contribution is 0.0953. The molecule has 110 valence electrons. The Kier molecular flexibility index (Phi) is 4.99. The third-order valence-electron chi connectivity index (χ3n) is 3.71. The van der Waals surface area contributed by atoms with Gasteiger partial charge in [0.05, 0.1) is 7.11 Å². The summed E-state index contributed by atoms with van der Waals surface area (Å²) in [6.45, 7) is 4.62. The molecule has 0 heterocycles. The molecule has 2 aromatic carbocycles. The van der Waals surface area contributed by atoms with Crippen molar-refractivity contribution in [1.82, 2.24) is 5.32 Å². The molecule has 3 heteroatoms. The van der Waals surface area contributed by atoms with Gasteiger partial charge in [0.25, 0.3) is 5.91 Å². The van der Waals surface area contributed by atoms with Gasteiger partial charge in [0.1, 0.15) is 5.75 Å². The maximum Gasteiger partial charge on any atom is 0.251 e. The molecule has 0 saturated heterocycles. The summed E-state index contributed by atoms with van der Waals surface area (Å²) >= 11 is 0. The Morgan fingerprint density at radius 2 is 1.81 bits per heavy atom. The molecule has 21 heavy (non-hydrogen) atoms. The fourth-order valence-electron chi connectivity index (χ4n) is 2.20. The smallest absolute Gasteiger partial charge is 0.251 e. The van der Waals surface area contributed by atoms with Gasteiger partial charge in [-0.2, -0.15) is 0 Å². The molecule has 0 bridgehead atoms. The van der Waals surface area contributed by atoms with Gasteiger partial charge in [-0.15, -0.1) is 0 Å². The highest BCUT2D eigenvalue weighted by Gasteiger charge is 2.09.